The lowest BCUT2D eigenvalue weighted by molar-refractivity contribution is -0.120. The predicted molar refractivity (Wildman–Crippen MR) is 109 cm³/mol. The van der Waals surface area contributed by atoms with Crippen LogP contribution in [0.3, 0.4) is 0 Å². The molecule has 1 N–H and O–H groups in total. The second-order valence-corrected chi connectivity index (χ2v) is 6.71. The van der Waals surface area contributed by atoms with E-state index in [9.17, 15) is 4.79 Å². The number of nitrogens with zero attached hydrogens (tertiary/aromatic N) is 2. The predicted octanol–water partition coefficient (Wildman–Crippen LogP) is 3.43. The van der Waals surface area contributed by atoms with Crippen LogP contribution in [0.15, 0.2) is 47.6 Å². The minimum absolute atomic E-state index is 0.176. The first kappa shape index (κ1) is 18.1. The molecule has 0 fully saturated rings. The van der Waals surface area contributed by atoms with Gasteiger partial charge in [-0.3, -0.25) is 4.79 Å². The van der Waals surface area contributed by atoms with Crippen molar-refractivity contribution in [1.82, 2.24) is 9.99 Å². The molecule has 0 bridgehead atoms. The van der Waals surface area contributed by atoms with E-state index in [4.69, 9.17) is 9.47 Å². The summed E-state index contributed by atoms with van der Waals surface area (Å²) in [5.74, 6) is 1.23. The Morgan fingerprint density at radius 1 is 1.18 bits per heavy atom. The molecule has 2 heterocycles. The zero-order chi connectivity index (χ0) is 19.5. The highest BCUT2D eigenvalue weighted by molar-refractivity contribution is 6.01. The van der Waals surface area contributed by atoms with Gasteiger partial charge in [-0.25, -0.2) is 5.43 Å². The van der Waals surface area contributed by atoms with Gasteiger partial charge in [0.2, 0.25) is 5.91 Å². The molecule has 2 aromatic carbocycles. The summed E-state index contributed by atoms with van der Waals surface area (Å²) in [6, 6.07) is 13.8. The Labute approximate surface area is 163 Å². The Hall–Kier alpha value is -3.28. The number of hydrogen-bond donors (Lipinski definition) is 1. The van der Waals surface area contributed by atoms with Gasteiger partial charge in [0.25, 0.3) is 0 Å². The molecule has 0 saturated heterocycles. The summed E-state index contributed by atoms with van der Waals surface area (Å²) in [6.07, 6.45) is 1.95. The summed E-state index contributed by atoms with van der Waals surface area (Å²) < 4.78 is 13.3. The van der Waals surface area contributed by atoms with Gasteiger partial charge < -0.3 is 14.0 Å². The fourth-order valence-electron chi connectivity index (χ4n) is 3.62. The summed E-state index contributed by atoms with van der Waals surface area (Å²) in [5, 5.41) is 5.32. The molecule has 1 aliphatic heterocycles. The fraction of sp³-hybridized carbons (Fsp3) is 0.273. The van der Waals surface area contributed by atoms with E-state index in [2.05, 4.69) is 41.1 Å². The van der Waals surface area contributed by atoms with Crippen LogP contribution in [0.4, 0.5) is 0 Å². The molecule has 0 saturated carbocycles. The number of benzene rings is 2. The molecule has 1 aliphatic rings. The van der Waals surface area contributed by atoms with Gasteiger partial charge in [0, 0.05) is 28.7 Å². The third kappa shape index (κ3) is 3.45. The molecule has 0 atom stereocenters. The second-order valence-electron chi connectivity index (χ2n) is 6.71. The average molecular weight is 377 g/mol. The lowest BCUT2D eigenvalue weighted by Gasteiger charge is -2.18. The highest BCUT2D eigenvalue weighted by Crippen LogP contribution is 2.30. The Bertz CT molecular complexity index is 1050. The smallest absolute Gasteiger partial charge is 0.244 e. The van der Waals surface area contributed by atoms with Crippen LogP contribution in [0.25, 0.3) is 10.9 Å². The number of ether oxygens (including phenoxy) is 2. The van der Waals surface area contributed by atoms with E-state index in [0.29, 0.717) is 19.0 Å². The molecular formula is C22H23N3O3. The quantitative estimate of drug-likeness (QED) is 0.547. The van der Waals surface area contributed by atoms with Gasteiger partial charge >= 0.3 is 0 Å². The second kappa shape index (κ2) is 7.76. The molecule has 6 nitrogen and oxygen atoms in total. The first-order valence-electron chi connectivity index (χ1n) is 9.45. The van der Waals surface area contributed by atoms with Crippen molar-refractivity contribution >= 4 is 23.0 Å². The van der Waals surface area contributed by atoms with E-state index in [1.54, 1.807) is 6.21 Å². The van der Waals surface area contributed by atoms with Crippen LogP contribution in [-0.2, 0) is 17.8 Å². The number of carbonyl (C=O) groups is 1. The Morgan fingerprint density at radius 3 is 2.79 bits per heavy atom. The number of rotatable bonds is 5. The maximum atomic E-state index is 12.3. The standard InChI is InChI=1S/C22H23N3O3/c1-3-25-15(2)18(17-6-4-5-7-19(17)25)14-23-24-22(26)13-16-8-9-20-21(12-16)28-11-10-27-20/h4-9,12,14H,3,10-11,13H2,1-2H3,(H,24,26)/b23-14-. The van der Waals surface area contributed by atoms with E-state index >= 15 is 0 Å². The third-order valence-corrected chi connectivity index (χ3v) is 4.95. The lowest BCUT2D eigenvalue weighted by atomic mass is 10.1. The number of nitrogens with one attached hydrogen (secondary N) is 1. The first-order valence-corrected chi connectivity index (χ1v) is 9.45. The summed E-state index contributed by atoms with van der Waals surface area (Å²) in [6.45, 7) is 6.15. The fourth-order valence-corrected chi connectivity index (χ4v) is 3.62. The van der Waals surface area contributed by atoms with E-state index < -0.39 is 0 Å². The average Bonchev–Trinajstić information content (AvgIpc) is 2.99. The Morgan fingerprint density at radius 2 is 1.96 bits per heavy atom. The number of aryl methyl sites for hydroxylation is 1. The largest absolute Gasteiger partial charge is 0.486 e. The van der Waals surface area contributed by atoms with Gasteiger partial charge in [0.15, 0.2) is 11.5 Å². The molecule has 3 aromatic rings. The Balaban J connectivity index is 1.46. The van der Waals surface area contributed by atoms with Crippen LogP contribution in [-0.4, -0.2) is 29.9 Å². The van der Waals surface area contributed by atoms with Crippen LogP contribution < -0.4 is 14.9 Å². The first-order chi connectivity index (χ1) is 13.7. The number of amides is 1. The van der Waals surface area contributed by atoms with Crippen molar-refractivity contribution < 1.29 is 14.3 Å². The van der Waals surface area contributed by atoms with Crippen LogP contribution in [0, 0.1) is 6.92 Å². The molecule has 0 unspecified atom stereocenters. The Kier molecular flexibility index (Phi) is 5.02. The summed E-state index contributed by atoms with van der Waals surface area (Å²) in [5.41, 5.74) is 6.82. The summed E-state index contributed by atoms with van der Waals surface area (Å²) >= 11 is 0. The molecule has 6 heteroatoms. The lowest BCUT2D eigenvalue weighted by Crippen LogP contribution is -2.20. The van der Waals surface area contributed by atoms with Crippen molar-refractivity contribution in [2.24, 2.45) is 5.10 Å². The van der Waals surface area contributed by atoms with Crippen LogP contribution in [0.5, 0.6) is 11.5 Å². The molecule has 0 radical (unpaired) electrons. The van der Waals surface area contributed by atoms with Crippen molar-refractivity contribution in [3.8, 4) is 11.5 Å². The zero-order valence-corrected chi connectivity index (χ0v) is 16.1. The van der Waals surface area contributed by atoms with Crippen molar-refractivity contribution in [2.45, 2.75) is 26.8 Å². The van der Waals surface area contributed by atoms with Gasteiger partial charge in [-0.15, -0.1) is 0 Å². The number of hydrazone groups is 1. The minimum Gasteiger partial charge on any atom is -0.486 e. The number of hydrogen-bond acceptors (Lipinski definition) is 4. The summed E-state index contributed by atoms with van der Waals surface area (Å²) in [7, 11) is 0. The molecular weight excluding hydrogens is 354 g/mol. The topological polar surface area (TPSA) is 64.9 Å². The van der Waals surface area contributed by atoms with Crippen molar-refractivity contribution in [2.75, 3.05) is 13.2 Å². The maximum absolute atomic E-state index is 12.3. The minimum atomic E-state index is -0.176. The molecule has 4 rings (SSSR count). The van der Waals surface area contributed by atoms with E-state index in [1.807, 2.05) is 30.3 Å². The zero-order valence-electron chi connectivity index (χ0n) is 16.1. The van der Waals surface area contributed by atoms with Crippen LogP contribution in [0.2, 0.25) is 0 Å². The molecule has 0 aliphatic carbocycles. The van der Waals surface area contributed by atoms with Crippen LogP contribution >= 0.6 is 0 Å². The van der Waals surface area contributed by atoms with Gasteiger partial charge in [-0.05, 0) is 37.6 Å². The van der Waals surface area contributed by atoms with Gasteiger partial charge in [-0.2, -0.15) is 5.10 Å². The SMILES string of the molecule is CCn1c(C)c(/C=N\NC(=O)Cc2ccc3c(c2)OCCO3)c2ccccc21. The molecule has 0 spiro atoms. The highest BCUT2D eigenvalue weighted by atomic mass is 16.6. The van der Waals surface area contributed by atoms with Gasteiger partial charge in [-0.1, -0.05) is 24.3 Å². The molecule has 144 valence electrons. The van der Waals surface area contributed by atoms with E-state index in [0.717, 1.165) is 34.5 Å². The van der Waals surface area contributed by atoms with Gasteiger partial charge in [0.05, 0.1) is 12.6 Å². The molecule has 1 amide bonds. The number of para-hydroxylation sites is 1. The summed E-state index contributed by atoms with van der Waals surface area (Å²) in [4.78, 5) is 12.3. The normalized spacial score (nSPS) is 13.2. The van der Waals surface area contributed by atoms with Crippen LogP contribution in [0.1, 0.15) is 23.7 Å². The monoisotopic (exact) mass is 377 g/mol. The number of aromatic nitrogens is 1. The van der Waals surface area contributed by atoms with Crippen molar-refractivity contribution in [3.63, 3.8) is 0 Å². The maximum Gasteiger partial charge on any atom is 0.244 e. The van der Waals surface area contributed by atoms with Gasteiger partial charge in [0.1, 0.15) is 13.2 Å². The number of carbonyl (C=O) groups excluding carboxylic acids is 1. The molecule has 1 aromatic heterocycles. The van der Waals surface area contributed by atoms with Crippen molar-refractivity contribution in [3.05, 3.63) is 59.3 Å². The van der Waals surface area contributed by atoms with E-state index in [1.165, 1.54) is 5.52 Å². The third-order valence-electron chi connectivity index (χ3n) is 4.95. The highest BCUT2D eigenvalue weighted by Gasteiger charge is 2.13. The molecule has 28 heavy (non-hydrogen) atoms. The van der Waals surface area contributed by atoms with E-state index in [-0.39, 0.29) is 12.3 Å². The van der Waals surface area contributed by atoms with Crippen molar-refractivity contribution in [1.29, 1.82) is 0 Å². The number of fused-ring (bicyclic) bond motifs is 2.